The van der Waals surface area contributed by atoms with Crippen molar-refractivity contribution in [2.45, 2.75) is 0 Å². The SMILES string of the molecule is [2H]c1c([2H])c([2H])c(N(c2ccc3c(c2)N(c2c(-c4ccccc4)cccc2-c2ccccc2)c2cc(N(c4c([2H])c([2H])c([2H])c([2H])c4[2H])c4c([2H])c([2H])c([2H])c([2H])c4[2H])cc4c2B3c2ccc(-c3c5ccccc5c(-c5ccc(-c6ccccc6)c6ccccc56)c5ccccc35)cc2N4c2c(-c3ccccc3)cccc2-c2ccccc2)c2c([2H])c([2H])c([2H])c([2H])c2[2H])c([2H])c1[2H]. The number of benzene rings is 19. The molecule has 4 nitrogen and oxygen atoms in total. The van der Waals surface area contributed by atoms with Crippen LogP contribution < -0.4 is 36.0 Å². The topological polar surface area (TPSA) is 13.0 Å². The lowest BCUT2D eigenvalue weighted by molar-refractivity contribution is 1.22. The first-order chi connectivity index (χ1) is 64.4. The first-order valence-electron chi connectivity index (χ1n) is 47.4. The summed E-state index contributed by atoms with van der Waals surface area (Å²) < 4.78 is 192. The highest BCUT2D eigenvalue weighted by molar-refractivity contribution is 7.00. The van der Waals surface area contributed by atoms with Crippen molar-refractivity contribution in [1.29, 1.82) is 0 Å². The van der Waals surface area contributed by atoms with Gasteiger partial charge in [-0.2, -0.15) is 0 Å². The molecular weight excluding hydrogens is 1360 g/mol. The van der Waals surface area contributed by atoms with E-state index in [2.05, 4.69) is 108 Å². The molecule has 0 aliphatic carbocycles. The monoisotopic (exact) mass is 1460 g/mol. The quantitative estimate of drug-likeness (QED) is 0.0749. The Balaban J connectivity index is 0.976. The molecule has 0 radical (unpaired) electrons. The van der Waals surface area contributed by atoms with Gasteiger partial charge in [0.15, 0.2) is 0 Å². The van der Waals surface area contributed by atoms with E-state index in [4.69, 9.17) is 5.48 Å². The second-order valence-electron chi connectivity index (χ2n) is 27.9. The Morgan fingerprint density at radius 2 is 0.522 bits per heavy atom. The highest BCUT2D eigenvalue weighted by atomic mass is 15.2. The maximum atomic E-state index is 10.2. The lowest BCUT2D eigenvalue weighted by atomic mass is 9.33. The van der Waals surface area contributed by atoms with Crippen molar-refractivity contribution >= 4 is 124 Å². The Morgan fingerprint density at radius 3 is 0.920 bits per heavy atom. The second kappa shape index (κ2) is 28.3. The van der Waals surface area contributed by atoms with Crippen LogP contribution in [-0.2, 0) is 0 Å². The summed E-state index contributed by atoms with van der Waals surface area (Å²) in [5, 5.41) is 5.83. The third kappa shape index (κ3) is 11.5. The molecule has 0 N–H and O–H groups in total. The van der Waals surface area contributed by atoms with Crippen molar-refractivity contribution in [3.63, 3.8) is 0 Å². The average molecular weight is 1460 g/mol. The van der Waals surface area contributed by atoms with Crippen molar-refractivity contribution in [2.75, 3.05) is 19.6 Å². The summed E-state index contributed by atoms with van der Waals surface area (Å²) in [4.78, 5) is 6.47. The van der Waals surface area contributed by atoms with Crippen molar-refractivity contribution < 1.29 is 27.4 Å². The standard InChI is InChI=1S/C108H73BN4/c1-10-36-74(37-11-1)86-66-67-97(92-55-29-28-54-91(86)92)105-95-58-32-30-56-93(95)104(94-57-31-33-59-96(94)105)79-64-68-98-100(70-79)112(107-87(75-38-12-2-13-39-75)60-34-61-88(107)76-40-14-3-15-41-76)102-72-85(111(82-50-24-8-25-51-82)83-52-26-9-27-53-83)73-103-106(102)109(98)99-69-65-84(110(80-46-20-6-21-47-80)81-48-22-7-23-49-81)71-101(99)113(103)108-89(77-42-16-4-17-43-77)62-35-63-90(108)78-44-18-5-19-45-78/h1-73H/i6D,7D,8D,9D,20D,21D,22D,23D,24D,25D,26D,27D,46D,47D,48D,49D,50D,51D,52D,53D. The smallest absolute Gasteiger partial charge is 0.252 e. The van der Waals surface area contributed by atoms with Gasteiger partial charge in [0.25, 0.3) is 6.71 Å². The van der Waals surface area contributed by atoms with Crippen molar-refractivity contribution in [3.8, 4) is 77.9 Å². The lowest BCUT2D eigenvalue weighted by Gasteiger charge is -2.46. The highest BCUT2D eigenvalue weighted by Crippen LogP contribution is 2.57. The zero-order chi connectivity index (χ0) is 92.1. The summed E-state index contributed by atoms with van der Waals surface area (Å²) in [5.41, 5.74) is 13.1. The number of anilines is 12. The number of rotatable bonds is 15. The molecule has 528 valence electrons. The molecule has 21 rings (SSSR count). The molecule has 0 unspecified atom stereocenters. The molecule has 2 heterocycles. The minimum Gasteiger partial charge on any atom is -0.310 e. The maximum absolute atomic E-state index is 10.2. The predicted octanol–water partition coefficient (Wildman–Crippen LogP) is 27.8. The first-order valence-corrected chi connectivity index (χ1v) is 37.4. The van der Waals surface area contributed by atoms with E-state index >= 15 is 0 Å². The van der Waals surface area contributed by atoms with Gasteiger partial charge in [0, 0.05) is 73.4 Å². The van der Waals surface area contributed by atoms with Gasteiger partial charge in [-0.1, -0.05) is 364 Å². The Bertz CT molecular complexity index is 7690. The summed E-state index contributed by atoms with van der Waals surface area (Å²) in [6, 6.07) is 90.3. The van der Waals surface area contributed by atoms with Gasteiger partial charge in [-0.15, -0.1) is 0 Å². The summed E-state index contributed by atoms with van der Waals surface area (Å²) in [5.74, 6) is 0. The van der Waals surface area contributed by atoms with Crippen molar-refractivity contribution in [2.24, 2.45) is 0 Å². The van der Waals surface area contributed by atoms with Crippen LogP contribution in [0.5, 0.6) is 0 Å². The zero-order valence-electron chi connectivity index (χ0n) is 80.5. The molecule has 0 atom stereocenters. The molecule has 0 saturated heterocycles. The molecule has 0 bridgehead atoms. The molecule has 0 fully saturated rings. The van der Waals surface area contributed by atoms with E-state index in [1.165, 1.54) is 4.90 Å². The van der Waals surface area contributed by atoms with Gasteiger partial charge in [-0.3, -0.25) is 0 Å². The minimum absolute atomic E-state index is 0.0707. The first kappa shape index (κ1) is 48.6. The van der Waals surface area contributed by atoms with Crippen LogP contribution in [0, 0.1) is 0 Å². The molecule has 19 aromatic rings. The van der Waals surface area contributed by atoms with E-state index in [0.29, 0.717) is 72.5 Å². The number of para-hydroxylation sites is 6. The molecule has 113 heavy (non-hydrogen) atoms. The zero-order valence-corrected chi connectivity index (χ0v) is 60.5. The average Bonchev–Trinajstić information content (AvgIpc) is 0.681. The van der Waals surface area contributed by atoms with Crippen LogP contribution in [0.3, 0.4) is 0 Å². The van der Waals surface area contributed by atoms with Crippen LogP contribution in [0.15, 0.2) is 442 Å². The van der Waals surface area contributed by atoms with E-state index < -0.39 is 150 Å². The largest absolute Gasteiger partial charge is 0.310 e. The van der Waals surface area contributed by atoms with Crippen LogP contribution in [-0.4, -0.2) is 6.71 Å². The van der Waals surface area contributed by atoms with Crippen molar-refractivity contribution in [3.05, 3.63) is 442 Å². The van der Waals surface area contributed by atoms with E-state index in [1.54, 1.807) is 24.3 Å². The highest BCUT2D eigenvalue weighted by Gasteiger charge is 2.46. The van der Waals surface area contributed by atoms with Gasteiger partial charge in [0.2, 0.25) is 0 Å². The fraction of sp³-hybridized carbons (Fsp3) is 0. The molecule has 0 saturated carbocycles. The van der Waals surface area contributed by atoms with Crippen molar-refractivity contribution in [1.82, 2.24) is 0 Å². The molecular formula is C108H73BN4. The third-order valence-corrected chi connectivity index (χ3v) is 21.8. The summed E-state index contributed by atoms with van der Waals surface area (Å²) >= 11 is 0. The Kier molecular flexibility index (Phi) is 12.2. The van der Waals surface area contributed by atoms with Gasteiger partial charge in [0.05, 0.1) is 44.5 Å². The molecule has 0 amide bonds. The Morgan fingerprint density at radius 1 is 0.212 bits per heavy atom. The molecule has 2 aliphatic heterocycles. The second-order valence-corrected chi connectivity index (χ2v) is 27.9. The fourth-order valence-corrected chi connectivity index (χ4v) is 17.1. The van der Waals surface area contributed by atoms with E-state index in [1.807, 2.05) is 199 Å². The van der Waals surface area contributed by atoms with Crippen LogP contribution in [0.4, 0.5) is 68.2 Å². The van der Waals surface area contributed by atoms with Crippen LogP contribution in [0.1, 0.15) is 27.4 Å². The summed E-state index contributed by atoms with van der Waals surface area (Å²) in [6.45, 7) is -1.01. The lowest BCUT2D eigenvalue weighted by Crippen LogP contribution is -2.61. The van der Waals surface area contributed by atoms with Crippen LogP contribution in [0.2, 0.25) is 0 Å². The van der Waals surface area contributed by atoms with Crippen LogP contribution in [0.25, 0.3) is 110 Å². The van der Waals surface area contributed by atoms with E-state index in [0.717, 1.165) is 81.7 Å². The number of hydrogen-bond donors (Lipinski definition) is 0. The summed E-state index contributed by atoms with van der Waals surface area (Å²) in [7, 11) is 0. The van der Waals surface area contributed by atoms with Gasteiger partial charge in [-0.05, 0) is 183 Å². The van der Waals surface area contributed by atoms with Gasteiger partial charge in [-0.25, -0.2) is 0 Å². The van der Waals surface area contributed by atoms with Gasteiger partial charge in [0.1, 0.15) is 0 Å². The third-order valence-electron chi connectivity index (χ3n) is 21.8. The van der Waals surface area contributed by atoms with Gasteiger partial charge < -0.3 is 19.6 Å². The fourth-order valence-electron chi connectivity index (χ4n) is 17.1. The number of nitrogens with zero attached hydrogens (tertiary/aromatic N) is 4. The molecule has 5 heteroatoms. The molecule has 0 aromatic heterocycles. The normalized spacial score (nSPS) is 14.5. The molecule has 0 spiro atoms. The Hall–Kier alpha value is -14.8. The minimum atomic E-state index is -1.01. The maximum Gasteiger partial charge on any atom is 0.252 e. The Labute approximate surface area is 687 Å². The number of fused-ring (bicyclic) bond motifs is 7. The van der Waals surface area contributed by atoms with Gasteiger partial charge >= 0.3 is 0 Å². The van der Waals surface area contributed by atoms with Crippen LogP contribution >= 0.6 is 0 Å². The van der Waals surface area contributed by atoms with E-state index in [9.17, 15) is 21.9 Å². The van der Waals surface area contributed by atoms with E-state index in [-0.39, 0.29) is 22.7 Å². The molecule has 19 aromatic carbocycles. The summed E-state index contributed by atoms with van der Waals surface area (Å²) in [6.07, 6.45) is 0. The number of hydrogen-bond acceptors (Lipinski definition) is 4. The predicted molar refractivity (Wildman–Crippen MR) is 480 cm³/mol. The molecule has 2 aliphatic rings.